The van der Waals surface area contributed by atoms with Crippen molar-refractivity contribution in [2.24, 2.45) is 5.73 Å². The highest BCUT2D eigenvalue weighted by Gasteiger charge is 2.18. The van der Waals surface area contributed by atoms with Gasteiger partial charge in [0.2, 0.25) is 5.91 Å². The number of nitrogens with one attached hydrogen (secondary N) is 4. The molecule has 1 saturated heterocycles. The van der Waals surface area contributed by atoms with Crippen LogP contribution in [-0.4, -0.2) is 62.1 Å². The van der Waals surface area contributed by atoms with Crippen LogP contribution in [0.4, 0.5) is 5.69 Å². The summed E-state index contributed by atoms with van der Waals surface area (Å²) in [4.78, 5) is 35.1. The molecule has 0 bridgehead atoms. The number of amides is 2. The minimum absolute atomic E-state index is 0.0710. The number of rotatable bonds is 8. The van der Waals surface area contributed by atoms with Gasteiger partial charge in [-0.2, -0.15) is 0 Å². The summed E-state index contributed by atoms with van der Waals surface area (Å²) in [5.41, 5.74) is 8.04. The van der Waals surface area contributed by atoms with Crippen LogP contribution in [0.25, 0.3) is 0 Å². The lowest BCUT2D eigenvalue weighted by atomic mass is 10.1. The van der Waals surface area contributed by atoms with E-state index in [-0.39, 0.29) is 36.8 Å². The number of carbonyl (C=O) groups excluding carboxylic acids is 3. The summed E-state index contributed by atoms with van der Waals surface area (Å²) in [6, 6.07) is 12.1. The van der Waals surface area contributed by atoms with Crippen molar-refractivity contribution in [3.05, 3.63) is 64.2 Å². The van der Waals surface area contributed by atoms with Crippen molar-refractivity contribution in [3.8, 4) is 0 Å². The van der Waals surface area contributed by atoms with Gasteiger partial charge in [-0.05, 0) is 62.8 Å². The van der Waals surface area contributed by atoms with Gasteiger partial charge in [-0.1, -0.05) is 29.8 Å². The molecule has 0 spiro atoms. The van der Waals surface area contributed by atoms with Gasteiger partial charge in [-0.3, -0.25) is 15.0 Å². The highest BCUT2D eigenvalue weighted by molar-refractivity contribution is 6.30. The van der Waals surface area contributed by atoms with Gasteiger partial charge in [0.15, 0.2) is 0 Å². The molecule has 0 unspecified atom stereocenters. The second-order valence-electron chi connectivity index (χ2n) is 7.98. The SMILES string of the molecule is C=O.CN1CCC(NC(=O)CNc2cc(C(=N)N)ccc2CNC(=O)c2cccc(Cl)c2)CC1. The van der Waals surface area contributed by atoms with Crippen molar-refractivity contribution in [3.63, 3.8) is 0 Å². The molecule has 3 rings (SSSR count). The zero-order chi connectivity index (χ0) is 25.1. The first-order valence-corrected chi connectivity index (χ1v) is 11.2. The zero-order valence-corrected chi connectivity index (χ0v) is 20.0. The summed E-state index contributed by atoms with van der Waals surface area (Å²) >= 11 is 5.96. The first-order chi connectivity index (χ1) is 16.3. The van der Waals surface area contributed by atoms with Gasteiger partial charge in [0, 0.05) is 34.4 Å². The Balaban J connectivity index is 0.00000199. The molecule has 10 heteroatoms. The number of amidine groups is 1. The number of halogens is 1. The van der Waals surface area contributed by atoms with Crippen LogP contribution in [0.5, 0.6) is 0 Å². The zero-order valence-electron chi connectivity index (χ0n) is 19.2. The van der Waals surface area contributed by atoms with E-state index in [1.165, 1.54) is 0 Å². The first-order valence-electron chi connectivity index (χ1n) is 10.8. The predicted molar refractivity (Wildman–Crippen MR) is 134 cm³/mol. The Labute approximate surface area is 204 Å². The highest BCUT2D eigenvalue weighted by Crippen LogP contribution is 2.19. The maximum atomic E-state index is 12.5. The Hall–Kier alpha value is -3.43. The van der Waals surface area contributed by atoms with E-state index < -0.39 is 0 Å². The third kappa shape index (κ3) is 8.17. The predicted octanol–water partition coefficient (Wildman–Crippen LogP) is 1.99. The Bertz CT molecular complexity index is 1010. The average Bonchev–Trinajstić information content (AvgIpc) is 2.84. The molecule has 2 amide bonds. The molecule has 2 aromatic carbocycles. The standard InChI is InChI=1S/C23H29ClN6O2.CH2O/c1-30-9-7-19(8-10-30)29-21(31)14-27-20-12-15(22(25)26)5-6-17(20)13-28-23(32)16-3-2-4-18(24)11-16;1-2/h2-6,11-12,19,27H,7-10,13-14H2,1H3,(H3,25,26)(H,28,32)(H,29,31);1H2. The van der Waals surface area contributed by atoms with E-state index in [0.29, 0.717) is 21.8 Å². The number of hydrogen-bond acceptors (Lipinski definition) is 6. The number of nitrogen functional groups attached to an aromatic ring is 1. The quantitative estimate of drug-likeness (QED) is 0.285. The fourth-order valence-corrected chi connectivity index (χ4v) is 3.77. The van der Waals surface area contributed by atoms with E-state index >= 15 is 0 Å². The maximum Gasteiger partial charge on any atom is 0.251 e. The van der Waals surface area contributed by atoms with E-state index in [4.69, 9.17) is 27.5 Å². The summed E-state index contributed by atoms with van der Waals surface area (Å²) in [6.07, 6.45) is 1.87. The number of hydrogen-bond donors (Lipinski definition) is 5. The van der Waals surface area contributed by atoms with Crippen LogP contribution in [0.15, 0.2) is 42.5 Å². The number of benzene rings is 2. The molecule has 1 aliphatic heterocycles. The molecule has 182 valence electrons. The Kier molecular flexibility index (Phi) is 10.5. The molecule has 34 heavy (non-hydrogen) atoms. The van der Waals surface area contributed by atoms with Crippen LogP contribution in [0.3, 0.4) is 0 Å². The molecular weight excluding hydrogens is 456 g/mol. The first kappa shape index (κ1) is 26.8. The Morgan fingerprint density at radius 3 is 2.50 bits per heavy atom. The summed E-state index contributed by atoms with van der Waals surface area (Å²) in [6.45, 7) is 4.26. The normalized spacial score (nSPS) is 13.8. The molecule has 0 radical (unpaired) electrons. The molecule has 6 N–H and O–H groups in total. The van der Waals surface area contributed by atoms with Crippen molar-refractivity contribution < 1.29 is 14.4 Å². The van der Waals surface area contributed by atoms with Crippen LogP contribution in [0.2, 0.25) is 5.02 Å². The largest absolute Gasteiger partial charge is 0.384 e. The van der Waals surface area contributed by atoms with Gasteiger partial charge in [0.05, 0.1) is 6.54 Å². The van der Waals surface area contributed by atoms with Crippen LogP contribution < -0.4 is 21.7 Å². The van der Waals surface area contributed by atoms with Crippen LogP contribution in [0.1, 0.15) is 34.3 Å². The molecule has 2 aromatic rings. The van der Waals surface area contributed by atoms with Crippen molar-refractivity contribution in [2.45, 2.75) is 25.4 Å². The van der Waals surface area contributed by atoms with Gasteiger partial charge >= 0.3 is 0 Å². The van der Waals surface area contributed by atoms with E-state index in [0.717, 1.165) is 31.5 Å². The molecular formula is C24H31ClN6O3. The van der Waals surface area contributed by atoms with E-state index in [1.807, 2.05) is 6.79 Å². The van der Waals surface area contributed by atoms with Gasteiger partial charge in [0.25, 0.3) is 5.91 Å². The molecule has 0 atom stereocenters. The van der Waals surface area contributed by atoms with E-state index in [2.05, 4.69) is 27.9 Å². The molecule has 0 aromatic heterocycles. The molecule has 1 fully saturated rings. The number of likely N-dealkylation sites (tertiary alicyclic amines) is 1. The fourth-order valence-electron chi connectivity index (χ4n) is 3.58. The summed E-state index contributed by atoms with van der Waals surface area (Å²) in [5.74, 6) is -0.422. The number of nitrogens with two attached hydrogens (primary N) is 1. The van der Waals surface area contributed by atoms with Gasteiger partial charge in [-0.25, -0.2) is 0 Å². The van der Waals surface area contributed by atoms with Crippen LogP contribution >= 0.6 is 11.6 Å². The number of piperidine rings is 1. The third-order valence-electron chi connectivity index (χ3n) is 5.47. The highest BCUT2D eigenvalue weighted by atomic mass is 35.5. The van der Waals surface area contributed by atoms with Crippen molar-refractivity contribution in [2.75, 3.05) is 32.0 Å². The van der Waals surface area contributed by atoms with Crippen molar-refractivity contribution in [1.29, 1.82) is 5.41 Å². The monoisotopic (exact) mass is 486 g/mol. The van der Waals surface area contributed by atoms with Crippen molar-refractivity contribution >= 4 is 41.7 Å². The second-order valence-corrected chi connectivity index (χ2v) is 8.41. The van der Waals surface area contributed by atoms with Crippen LogP contribution in [-0.2, 0) is 16.1 Å². The molecule has 0 saturated carbocycles. The minimum atomic E-state index is -0.255. The Morgan fingerprint density at radius 1 is 1.15 bits per heavy atom. The molecule has 0 aliphatic carbocycles. The van der Waals surface area contributed by atoms with Gasteiger partial charge in [-0.15, -0.1) is 0 Å². The number of nitrogens with zero attached hydrogens (tertiary/aromatic N) is 1. The molecule has 1 heterocycles. The maximum absolute atomic E-state index is 12.5. The summed E-state index contributed by atoms with van der Waals surface area (Å²) in [7, 11) is 2.08. The number of carbonyl (C=O) groups is 3. The molecule has 9 nitrogen and oxygen atoms in total. The lowest BCUT2D eigenvalue weighted by molar-refractivity contribution is -0.120. The average molecular weight is 487 g/mol. The summed E-state index contributed by atoms with van der Waals surface area (Å²) < 4.78 is 0. The second kappa shape index (κ2) is 13.3. The Morgan fingerprint density at radius 2 is 1.85 bits per heavy atom. The van der Waals surface area contributed by atoms with E-state index in [1.54, 1.807) is 42.5 Å². The fraction of sp³-hybridized carbons (Fsp3) is 0.333. The number of anilines is 1. The minimum Gasteiger partial charge on any atom is -0.384 e. The van der Waals surface area contributed by atoms with Crippen molar-refractivity contribution in [1.82, 2.24) is 15.5 Å². The van der Waals surface area contributed by atoms with Crippen LogP contribution in [0, 0.1) is 5.41 Å². The lowest BCUT2D eigenvalue weighted by Gasteiger charge is -2.29. The van der Waals surface area contributed by atoms with E-state index in [9.17, 15) is 9.59 Å². The topological polar surface area (TPSA) is 140 Å². The summed E-state index contributed by atoms with van der Waals surface area (Å²) in [5, 5.41) is 17.2. The smallest absolute Gasteiger partial charge is 0.251 e. The molecule has 1 aliphatic rings. The lowest BCUT2D eigenvalue weighted by Crippen LogP contribution is -2.45. The van der Waals surface area contributed by atoms with Gasteiger partial charge < -0.3 is 31.4 Å². The van der Waals surface area contributed by atoms with Gasteiger partial charge in [0.1, 0.15) is 12.6 Å². The third-order valence-corrected chi connectivity index (χ3v) is 5.71.